The van der Waals surface area contributed by atoms with Gasteiger partial charge in [0.15, 0.2) is 17.6 Å². The summed E-state index contributed by atoms with van der Waals surface area (Å²) >= 11 is 0. The van der Waals surface area contributed by atoms with Gasteiger partial charge in [0.05, 0.1) is 19.3 Å². The number of anilines is 1. The van der Waals surface area contributed by atoms with E-state index in [9.17, 15) is 9.59 Å². The van der Waals surface area contributed by atoms with Gasteiger partial charge in [0.2, 0.25) is 0 Å². The van der Waals surface area contributed by atoms with Crippen molar-refractivity contribution in [2.24, 2.45) is 0 Å². The number of ether oxygens (including phenoxy) is 3. The van der Waals surface area contributed by atoms with Gasteiger partial charge in [-0.25, -0.2) is 4.79 Å². The first-order valence-electron chi connectivity index (χ1n) is 9.82. The van der Waals surface area contributed by atoms with Crippen LogP contribution in [0.1, 0.15) is 56.0 Å². The number of esters is 1. The van der Waals surface area contributed by atoms with Crippen LogP contribution in [0.3, 0.4) is 0 Å². The number of methoxy groups -OCH3 is 1. The summed E-state index contributed by atoms with van der Waals surface area (Å²) in [5.74, 6) is 0.289. The van der Waals surface area contributed by atoms with Crippen molar-refractivity contribution in [1.82, 2.24) is 0 Å². The number of carbonyl (C=O) groups excluding carboxylic acids is 2. The predicted octanol–water partition coefficient (Wildman–Crippen LogP) is 4.79. The maximum atomic E-state index is 12.6. The lowest BCUT2D eigenvalue weighted by atomic mass is 9.97. The maximum Gasteiger partial charge on any atom is 0.339 e. The minimum atomic E-state index is -0.954. The van der Waals surface area contributed by atoms with Crippen LogP contribution in [-0.4, -0.2) is 31.7 Å². The molecule has 0 aliphatic carbocycles. The maximum absolute atomic E-state index is 12.6. The zero-order chi connectivity index (χ0) is 21.4. The summed E-state index contributed by atoms with van der Waals surface area (Å²) in [5, 5.41) is 2.87. The molecular weight excluding hydrogens is 370 g/mol. The highest BCUT2D eigenvalue weighted by Crippen LogP contribution is 2.29. The average Bonchev–Trinajstić information content (AvgIpc) is 2.73. The number of amides is 1. The molecule has 0 saturated heterocycles. The lowest BCUT2D eigenvalue weighted by Crippen LogP contribution is -2.30. The Morgan fingerprint density at radius 1 is 1.03 bits per heavy atom. The van der Waals surface area contributed by atoms with Crippen molar-refractivity contribution < 1.29 is 23.8 Å². The first kappa shape index (κ1) is 22.3. The van der Waals surface area contributed by atoms with Crippen molar-refractivity contribution in [3.8, 4) is 11.5 Å². The number of hydrogen-bond donors (Lipinski definition) is 1. The van der Waals surface area contributed by atoms with Crippen molar-refractivity contribution in [1.29, 1.82) is 0 Å². The van der Waals surface area contributed by atoms with Gasteiger partial charge in [-0.05, 0) is 56.0 Å². The van der Waals surface area contributed by atoms with Gasteiger partial charge in [0, 0.05) is 5.69 Å². The van der Waals surface area contributed by atoms with E-state index in [4.69, 9.17) is 14.2 Å². The molecule has 0 fully saturated rings. The van der Waals surface area contributed by atoms with Gasteiger partial charge >= 0.3 is 5.97 Å². The summed E-state index contributed by atoms with van der Waals surface area (Å²) in [5.41, 5.74) is 2.07. The summed E-state index contributed by atoms with van der Waals surface area (Å²) in [6, 6.07) is 12.4. The molecule has 1 N–H and O–H groups in total. The number of carbonyl (C=O) groups is 2. The third kappa shape index (κ3) is 5.73. The zero-order valence-electron chi connectivity index (χ0n) is 17.7. The van der Waals surface area contributed by atoms with E-state index in [1.165, 1.54) is 13.2 Å². The molecule has 2 aromatic rings. The fourth-order valence-corrected chi connectivity index (χ4v) is 2.85. The third-order valence-corrected chi connectivity index (χ3v) is 4.71. The second kappa shape index (κ2) is 10.5. The standard InChI is InChI=1S/C23H29NO5/c1-6-15(3)18-10-8-9-11-19(18)24-22(25)16(4)29-23(26)17-12-13-20(28-7-2)21(14-17)27-5/h8-16H,6-7H2,1-5H3,(H,24,25)/t15-,16-/m0/s1. The van der Waals surface area contributed by atoms with Crippen molar-refractivity contribution in [2.75, 3.05) is 19.0 Å². The minimum Gasteiger partial charge on any atom is -0.493 e. The number of para-hydroxylation sites is 1. The first-order valence-corrected chi connectivity index (χ1v) is 9.82. The molecule has 0 spiro atoms. The molecule has 156 valence electrons. The Balaban J connectivity index is 2.07. The van der Waals surface area contributed by atoms with E-state index in [-0.39, 0.29) is 11.5 Å². The molecule has 6 heteroatoms. The molecule has 0 heterocycles. The molecule has 6 nitrogen and oxygen atoms in total. The average molecular weight is 399 g/mol. The highest BCUT2D eigenvalue weighted by molar-refractivity contribution is 5.98. The summed E-state index contributed by atoms with van der Waals surface area (Å²) in [4.78, 5) is 25.0. The van der Waals surface area contributed by atoms with Gasteiger partial charge in [-0.2, -0.15) is 0 Å². The quantitative estimate of drug-likeness (QED) is 0.614. The fraction of sp³-hybridized carbons (Fsp3) is 0.391. The van der Waals surface area contributed by atoms with Crippen molar-refractivity contribution >= 4 is 17.6 Å². The van der Waals surface area contributed by atoms with Crippen molar-refractivity contribution in [3.05, 3.63) is 53.6 Å². The molecule has 29 heavy (non-hydrogen) atoms. The monoisotopic (exact) mass is 399 g/mol. The zero-order valence-corrected chi connectivity index (χ0v) is 17.7. The molecule has 2 atom stereocenters. The normalized spacial score (nSPS) is 12.6. The van der Waals surface area contributed by atoms with Crippen LogP contribution in [0.15, 0.2) is 42.5 Å². The van der Waals surface area contributed by atoms with E-state index in [0.717, 1.165) is 17.7 Å². The van der Waals surface area contributed by atoms with E-state index in [2.05, 4.69) is 19.2 Å². The Kier molecular flexibility index (Phi) is 8.07. The fourth-order valence-electron chi connectivity index (χ4n) is 2.85. The van der Waals surface area contributed by atoms with Crippen LogP contribution < -0.4 is 14.8 Å². The molecule has 0 aromatic heterocycles. The lowest BCUT2D eigenvalue weighted by Gasteiger charge is -2.18. The van der Waals surface area contributed by atoms with E-state index in [0.29, 0.717) is 24.0 Å². The molecule has 2 rings (SSSR count). The number of nitrogens with one attached hydrogen (secondary N) is 1. The van der Waals surface area contributed by atoms with Crippen LogP contribution in [-0.2, 0) is 9.53 Å². The minimum absolute atomic E-state index is 0.282. The van der Waals surface area contributed by atoms with Crippen molar-refractivity contribution in [3.63, 3.8) is 0 Å². The van der Waals surface area contributed by atoms with Gasteiger partial charge in [0.1, 0.15) is 0 Å². The highest BCUT2D eigenvalue weighted by atomic mass is 16.5. The number of rotatable bonds is 9. The van der Waals surface area contributed by atoms with Crippen LogP contribution in [0.25, 0.3) is 0 Å². The molecule has 0 aliphatic rings. The SMILES string of the molecule is CCOc1ccc(C(=O)O[C@@H](C)C(=O)Nc2ccccc2[C@@H](C)CC)cc1OC. The summed E-state index contributed by atoms with van der Waals surface area (Å²) in [7, 11) is 1.50. The Labute approximate surface area is 172 Å². The van der Waals surface area contributed by atoms with E-state index in [1.54, 1.807) is 19.1 Å². The van der Waals surface area contributed by atoms with E-state index in [1.807, 2.05) is 31.2 Å². The number of hydrogen-bond acceptors (Lipinski definition) is 5. The van der Waals surface area contributed by atoms with Crippen LogP contribution in [0, 0.1) is 0 Å². The largest absolute Gasteiger partial charge is 0.493 e. The second-order valence-electron chi connectivity index (χ2n) is 6.73. The van der Waals surface area contributed by atoms with Gasteiger partial charge in [0.25, 0.3) is 5.91 Å². The van der Waals surface area contributed by atoms with E-state index < -0.39 is 12.1 Å². The molecule has 0 aliphatic heterocycles. The molecule has 0 unspecified atom stereocenters. The Hall–Kier alpha value is -3.02. The van der Waals surface area contributed by atoms with Crippen LogP contribution >= 0.6 is 0 Å². The first-order chi connectivity index (χ1) is 13.9. The summed E-state index contributed by atoms with van der Waals surface area (Å²) in [6.45, 7) is 8.09. The topological polar surface area (TPSA) is 73.9 Å². The molecule has 0 radical (unpaired) electrons. The van der Waals surface area contributed by atoms with Gasteiger partial charge in [-0.3, -0.25) is 4.79 Å². The molecule has 0 saturated carbocycles. The van der Waals surface area contributed by atoms with Crippen LogP contribution in [0.5, 0.6) is 11.5 Å². The highest BCUT2D eigenvalue weighted by Gasteiger charge is 2.21. The summed E-state index contributed by atoms with van der Waals surface area (Å²) < 4.78 is 16.1. The lowest BCUT2D eigenvalue weighted by molar-refractivity contribution is -0.123. The molecule has 2 aromatic carbocycles. The second-order valence-corrected chi connectivity index (χ2v) is 6.73. The molecule has 1 amide bonds. The van der Waals surface area contributed by atoms with Gasteiger partial charge in [-0.15, -0.1) is 0 Å². The van der Waals surface area contributed by atoms with Gasteiger partial charge in [-0.1, -0.05) is 32.0 Å². The Bertz CT molecular complexity index is 849. The molecular formula is C23H29NO5. The van der Waals surface area contributed by atoms with Crippen molar-refractivity contribution in [2.45, 2.75) is 46.1 Å². The summed E-state index contributed by atoms with van der Waals surface area (Å²) in [6.07, 6.45) is 0.00170. The smallest absolute Gasteiger partial charge is 0.339 e. The van der Waals surface area contributed by atoms with Crippen LogP contribution in [0.2, 0.25) is 0 Å². The van der Waals surface area contributed by atoms with Crippen LogP contribution in [0.4, 0.5) is 5.69 Å². The Morgan fingerprint density at radius 3 is 2.41 bits per heavy atom. The third-order valence-electron chi connectivity index (χ3n) is 4.71. The van der Waals surface area contributed by atoms with E-state index >= 15 is 0 Å². The molecule has 0 bridgehead atoms. The number of benzene rings is 2. The Morgan fingerprint density at radius 2 is 1.76 bits per heavy atom. The predicted molar refractivity (Wildman–Crippen MR) is 113 cm³/mol. The van der Waals surface area contributed by atoms with Gasteiger partial charge < -0.3 is 19.5 Å².